The van der Waals surface area contributed by atoms with Crippen LogP contribution in [0.3, 0.4) is 0 Å². The molecule has 2 unspecified atom stereocenters. The van der Waals surface area contributed by atoms with Gasteiger partial charge in [-0.25, -0.2) is 8.78 Å². The lowest BCUT2D eigenvalue weighted by molar-refractivity contribution is -0.137. The van der Waals surface area contributed by atoms with Gasteiger partial charge in [0, 0.05) is 25.6 Å². The molecule has 2 aromatic rings. The molecule has 0 saturated carbocycles. The summed E-state index contributed by atoms with van der Waals surface area (Å²) < 4.78 is 66.3. The molecule has 3 rings (SSSR count). The third kappa shape index (κ3) is 5.32. The quantitative estimate of drug-likeness (QED) is 0.706. The Labute approximate surface area is 165 Å². The van der Waals surface area contributed by atoms with Gasteiger partial charge in [0.1, 0.15) is 0 Å². The summed E-state index contributed by atoms with van der Waals surface area (Å²) >= 11 is 0. The van der Waals surface area contributed by atoms with E-state index in [4.69, 9.17) is 0 Å². The molecule has 0 aromatic heterocycles. The first-order chi connectivity index (χ1) is 13.5. The fraction of sp³-hybridized carbons (Fsp3) is 0.381. The molecule has 1 saturated heterocycles. The minimum atomic E-state index is -4.75. The fourth-order valence-corrected chi connectivity index (χ4v) is 3.44. The number of benzene rings is 2. The standard InChI is InChI=1S/C21H21F5N2O/c1-20(22,23)16-7-13(8-17(10-16)21(24,25)26)11-28-19(29)18-9-15(12-27-18)14-5-3-2-4-6-14/h2-8,10,15,18,27H,9,11-12H2,1H3,(H,28,29). The van der Waals surface area contributed by atoms with Crippen molar-refractivity contribution in [3.63, 3.8) is 0 Å². The zero-order valence-electron chi connectivity index (χ0n) is 15.7. The summed E-state index contributed by atoms with van der Waals surface area (Å²) in [7, 11) is 0. The summed E-state index contributed by atoms with van der Waals surface area (Å²) in [6, 6.07) is 11.4. The zero-order chi connectivity index (χ0) is 21.2. The molecule has 1 fully saturated rings. The van der Waals surface area contributed by atoms with Crippen molar-refractivity contribution < 1.29 is 26.7 Å². The number of amides is 1. The number of carbonyl (C=O) groups excluding carboxylic acids is 1. The van der Waals surface area contributed by atoms with Gasteiger partial charge in [-0.05, 0) is 41.7 Å². The Morgan fingerprint density at radius 3 is 2.34 bits per heavy atom. The molecule has 1 aliphatic rings. The van der Waals surface area contributed by atoms with Gasteiger partial charge in [0.2, 0.25) is 5.91 Å². The van der Waals surface area contributed by atoms with Crippen molar-refractivity contribution in [2.45, 2.75) is 43.9 Å². The van der Waals surface area contributed by atoms with Crippen molar-refractivity contribution in [1.82, 2.24) is 10.6 Å². The smallest absolute Gasteiger partial charge is 0.351 e. The maximum Gasteiger partial charge on any atom is 0.416 e. The minimum Gasteiger partial charge on any atom is -0.351 e. The molecule has 2 atom stereocenters. The lowest BCUT2D eigenvalue weighted by Gasteiger charge is -2.17. The van der Waals surface area contributed by atoms with Crippen molar-refractivity contribution in [3.05, 3.63) is 70.8 Å². The van der Waals surface area contributed by atoms with Gasteiger partial charge >= 0.3 is 6.18 Å². The summed E-state index contributed by atoms with van der Waals surface area (Å²) in [5.74, 6) is -3.63. The van der Waals surface area contributed by atoms with E-state index in [1.807, 2.05) is 30.3 Å². The van der Waals surface area contributed by atoms with Gasteiger partial charge in [-0.3, -0.25) is 4.79 Å². The van der Waals surface area contributed by atoms with Crippen molar-refractivity contribution in [1.29, 1.82) is 0 Å². The Balaban J connectivity index is 1.67. The topological polar surface area (TPSA) is 41.1 Å². The molecule has 1 amide bonds. The molecule has 2 N–H and O–H groups in total. The van der Waals surface area contributed by atoms with E-state index in [9.17, 15) is 26.7 Å². The van der Waals surface area contributed by atoms with E-state index in [2.05, 4.69) is 10.6 Å². The first kappa shape index (κ1) is 21.2. The maximum absolute atomic E-state index is 13.6. The Morgan fingerprint density at radius 2 is 1.72 bits per heavy atom. The van der Waals surface area contributed by atoms with E-state index in [0.717, 1.165) is 17.7 Å². The molecule has 2 aromatic carbocycles. The van der Waals surface area contributed by atoms with Gasteiger partial charge in [-0.1, -0.05) is 30.3 Å². The average Bonchev–Trinajstić information content (AvgIpc) is 3.15. The molecule has 8 heteroatoms. The Morgan fingerprint density at radius 1 is 1.07 bits per heavy atom. The van der Waals surface area contributed by atoms with Crippen LogP contribution in [0.1, 0.15) is 41.5 Å². The molecule has 0 radical (unpaired) electrons. The van der Waals surface area contributed by atoms with Crippen LogP contribution in [-0.2, 0) is 23.4 Å². The second kappa shape index (κ2) is 8.10. The monoisotopic (exact) mass is 412 g/mol. The predicted octanol–water partition coefficient (Wildman–Crippen LogP) is 4.58. The molecular formula is C21H21F5N2O. The molecule has 29 heavy (non-hydrogen) atoms. The van der Waals surface area contributed by atoms with Crippen LogP contribution < -0.4 is 10.6 Å². The molecule has 156 valence electrons. The number of carbonyl (C=O) groups is 1. The first-order valence-electron chi connectivity index (χ1n) is 9.19. The Hall–Kier alpha value is -2.48. The van der Waals surface area contributed by atoms with E-state index in [0.29, 0.717) is 26.0 Å². The minimum absolute atomic E-state index is 0.0256. The van der Waals surface area contributed by atoms with E-state index in [1.54, 1.807) is 0 Å². The van der Waals surface area contributed by atoms with Crippen molar-refractivity contribution in [3.8, 4) is 0 Å². The average molecular weight is 412 g/mol. The normalized spacial score (nSPS) is 19.9. The lowest BCUT2D eigenvalue weighted by atomic mass is 9.96. The first-order valence-corrected chi connectivity index (χ1v) is 9.19. The van der Waals surface area contributed by atoms with E-state index < -0.39 is 29.3 Å². The van der Waals surface area contributed by atoms with E-state index in [-0.39, 0.29) is 23.9 Å². The van der Waals surface area contributed by atoms with Crippen LogP contribution in [0.5, 0.6) is 0 Å². The van der Waals surface area contributed by atoms with Gasteiger partial charge in [0.05, 0.1) is 11.6 Å². The predicted molar refractivity (Wildman–Crippen MR) is 98.4 cm³/mol. The van der Waals surface area contributed by atoms with Gasteiger partial charge in [0.15, 0.2) is 0 Å². The third-order valence-corrected chi connectivity index (χ3v) is 5.01. The van der Waals surface area contributed by atoms with Crippen molar-refractivity contribution in [2.24, 2.45) is 0 Å². The highest BCUT2D eigenvalue weighted by atomic mass is 19.4. The highest BCUT2D eigenvalue weighted by Gasteiger charge is 2.35. The van der Waals surface area contributed by atoms with Crippen LogP contribution in [0.2, 0.25) is 0 Å². The number of halogens is 5. The summed E-state index contributed by atoms with van der Waals surface area (Å²) in [6.07, 6.45) is -4.20. The summed E-state index contributed by atoms with van der Waals surface area (Å²) in [4.78, 5) is 12.4. The van der Waals surface area contributed by atoms with Crippen molar-refractivity contribution in [2.75, 3.05) is 6.54 Å². The molecule has 3 nitrogen and oxygen atoms in total. The number of rotatable bonds is 5. The summed E-state index contributed by atoms with van der Waals surface area (Å²) in [6.45, 7) is 0.884. The number of alkyl halides is 5. The van der Waals surface area contributed by atoms with Crippen molar-refractivity contribution >= 4 is 5.91 Å². The van der Waals surface area contributed by atoms with E-state index >= 15 is 0 Å². The second-order valence-electron chi connectivity index (χ2n) is 7.33. The third-order valence-electron chi connectivity index (χ3n) is 5.01. The van der Waals surface area contributed by atoms with Crippen LogP contribution in [0.25, 0.3) is 0 Å². The van der Waals surface area contributed by atoms with Gasteiger partial charge in [0.25, 0.3) is 5.92 Å². The van der Waals surface area contributed by atoms with Crippen LogP contribution >= 0.6 is 0 Å². The molecular weight excluding hydrogens is 391 g/mol. The number of nitrogens with one attached hydrogen (secondary N) is 2. The zero-order valence-corrected chi connectivity index (χ0v) is 15.7. The number of hydrogen-bond acceptors (Lipinski definition) is 2. The second-order valence-corrected chi connectivity index (χ2v) is 7.33. The molecule has 1 aliphatic heterocycles. The lowest BCUT2D eigenvalue weighted by Crippen LogP contribution is -2.40. The van der Waals surface area contributed by atoms with Crippen LogP contribution in [0.15, 0.2) is 48.5 Å². The maximum atomic E-state index is 13.6. The number of hydrogen-bond donors (Lipinski definition) is 2. The SMILES string of the molecule is CC(F)(F)c1cc(CNC(=O)C2CC(c3ccccc3)CN2)cc(C(F)(F)F)c1. The van der Waals surface area contributed by atoms with Crippen LogP contribution in [-0.4, -0.2) is 18.5 Å². The Bertz CT molecular complexity index is 829. The van der Waals surface area contributed by atoms with Gasteiger partial charge in [-0.15, -0.1) is 0 Å². The Kier molecular flexibility index (Phi) is 5.93. The summed E-state index contributed by atoms with van der Waals surface area (Å²) in [5, 5.41) is 5.66. The van der Waals surface area contributed by atoms with Gasteiger partial charge in [-0.2, -0.15) is 13.2 Å². The molecule has 0 aliphatic carbocycles. The van der Waals surface area contributed by atoms with Crippen LogP contribution in [0.4, 0.5) is 22.0 Å². The fourth-order valence-electron chi connectivity index (χ4n) is 3.44. The highest BCUT2D eigenvalue weighted by Crippen LogP contribution is 2.35. The largest absolute Gasteiger partial charge is 0.416 e. The molecule has 0 bridgehead atoms. The summed E-state index contributed by atoms with van der Waals surface area (Å²) in [5.41, 5.74) is -0.825. The van der Waals surface area contributed by atoms with Gasteiger partial charge < -0.3 is 10.6 Å². The highest BCUT2D eigenvalue weighted by molar-refractivity contribution is 5.82. The van der Waals surface area contributed by atoms with Crippen LogP contribution in [0, 0.1) is 0 Å². The molecule has 0 spiro atoms. The molecule has 1 heterocycles. The van der Waals surface area contributed by atoms with E-state index in [1.165, 1.54) is 0 Å².